The van der Waals surface area contributed by atoms with E-state index in [0.29, 0.717) is 30.2 Å². The van der Waals surface area contributed by atoms with Crippen LogP contribution < -0.4 is 15.4 Å². The fourth-order valence-corrected chi connectivity index (χ4v) is 2.61. The van der Waals surface area contributed by atoms with E-state index >= 15 is 0 Å². The average Bonchev–Trinajstić information content (AvgIpc) is 2.73. The molecule has 2 N–H and O–H groups in total. The van der Waals surface area contributed by atoms with Gasteiger partial charge in [-0.2, -0.15) is 0 Å². The number of hydrogen-bond donors (Lipinski definition) is 2. The summed E-state index contributed by atoms with van der Waals surface area (Å²) in [6.07, 6.45) is 0.763. The smallest absolute Gasteiger partial charge is 0.251 e. The summed E-state index contributed by atoms with van der Waals surface area (Å²) in [4.78, 5) is 25.3. The summed E-state index contributed by atoms with van der Waals surface area (Å²) in [5.41, 5.74) is 1.17. The molecule has 2 atom stereocenters. The zero-order valence-corrected chi connectivity index (χ0v) is 16.6. The van der Waals surface area contributed by atoms with Gasteiger partial charge in [0.2, 0.25) is 5.91 Å². The maximum absolute atomic E-state index is 12.8. The van der Waals surface area contributed by atoms with E-state index in [4.69, 9.17) is 9.47 Å². The van der Waals surface area contributed by atoms with Crippen LogP contribution in [-0.4, -0.2) is 38.2 Å². The highest BCUT2D eigenvalue weighted by molar-refractivity contribution is 6.01. The number of carbonyl (C=O) groups is 2. The van der Waals surface area contributed by atoms with Crippen LogP contribution in [0.5, 0.6) is 5.75 Å². The van der Waals surface area contributed by atoms with Crippen molar-refractivity contribution in [1.82, 2.24) is 5.32 Å². The third-order valence-corrected chi connectivity index (χ3v) is 4.50. The van der Waals surface area contributed by atoms with Gasteiger partial charge in [-0.1, -0.05) is 38.5 Å². The molecule has 0 aliphatic heterocycles. The van der Waals surface area contributed by atoms with Crippen LogP contribution in [0, 0.1) is 5.92 Å². The first-order valence-corrected chi connectivity index (χ1v) is 9.43. The zero-order chi connectivity index (χ0) is 20.4. The van der Waals surface area contributed by atoms with Crippen LogP contribution in [0.4, 0.5) is 5.69 Å². The van der Waals surface area contributed by atoms with Crippen LogP contribution in [-0.2, 0) is 9.53 Å². The van der Waals surface area contributed by atoms with E-state index < -0.39 is 6.04 Å². The van der Waals surface area contributed by atoms with Crippen LogP contribution in [0.25, 0.3) is 0 Å². The lowest BCUT2D eigenvalue weighted by molar-refractivity contribution is -0.119. The number of nitrogens with one attached hydrogen (secondary N) is 2. The minimum Gasteiger partial charge on any atom is -0.491 e. The van der Waals surface area contributed by atoms with Crippen molar-refractivity contribution in [1.29, 1.82) is 0 Å². The number of rotatable bonds is 10. The highest BCUT2D eigenvalue weighted by Crippen LogP contribution is 2.17. The van der Waals surface area contributed by atoms with Crippen molar-refractivity contribution in [2.24, 2.45) is 5.92 Å². The van der Waals surface area contributed by atoms with Gasteiger partial charge in [-0.05, 0) is 42.3 Å². The monoisotopic (exact) mass is 384 g/mol. The van der Waals surface area contributed by atoms with Crippen molar-refractivity contribution < 1.29 is 19.1 Å². The molecule has 0 radical (unpaired) electrons. The van der Waals surface area contributed by atoms with Gasteiger partial charge >= 0.3 is 0 Å². The normalized spacial score (nSPS) is 12.7. The number of anilines is 1. The Labute approximate surface area is 166 Å². The number of ether oxygens (including phenoxy) is 2. The molecule has 0 aliphatic rings. The van der Waals surface area contributed by atoms with Gasteiger partial charge in [0, 0.05) is 18.4 Å². The molecule has 6 nitrogen and oxygen atoms in total. The van der Waals surface area contributed by atoms with Crippen molar-refractivity contribution in [3.8, 4) is 5.75 Å². The molecule has 2 aromatic carbocycles. The number of benzene rings is 2. The quantitative estimate of drug-likeness (QED) is 0.615. The Balaban J connectivity index is 2.01. The van der Waals surface area contributed by atoms with Crippen molar-refractivity contribution in [2.75, 3.05) is 25.6 Å². The fraction of sp³-hybridized carbons (Fsp3) is 0.364. The molecular formula is C22H28N2O4. The van der Waals surface area contributed by atoms with E-state index in [-0.39, 0.29) is 17.7 Å². The summed E-state index contributed by atoms with van der Waals surface area (Å²) >= 11 is 0. The molecule has 6 heteroatoms. The number of methoxy groups -OCH3 is 1. The molecule has 2 aromatic rings. The molecule has 0 heterocycles. The molecule has 0 aromatic heterocycles. The largest absolute Gasteiger partial charge is 0.491 e. The summed E-state index contributed by atoms with van der Waals surface area (Å²) in [6, 6.07) is 15.4. The Hall–Kier alpha value is -2.86. The second-order valence-corrected chi connectivity index (χ2v) is 6.56. The number of hydrogen-bond acceptors (Lipinski definition) is 4. The van der Waals surface area contributed by atoms with Crippen LogP contribution in [0.2, 0.25) is 0 Å². The Kier molecular flexibility index (Phi) is 8.49. The molecule has 0 spiro atoms. The highest BCUT2D eigenvalue weighted by Gasteiger charge is 2.26. The van der Waals surface area contributed by atoms with Gasteiger partial charge in [0.1, 0.15) is 18.4 Å². The van der Waals surface area contributed by atoms with Crippen molar-refractivity contribution in [2.45, 2.75) is 26.3 Å². The fourth-order valence-electron chi connectivity index (χ4n) is 2.61. The topological polar surface area (TPSA) is 76.7 Å². The van der Waals surface area contributed by atoms with E-state index in [1.165, 1.54) is 0 Å². The second kappa shape index (κ2) is 11.1. The van der Waals surface area contributed by atoms with Crippen LogP contribution in [0.15, 0.2) is 54.6 Å². The summed E-state index contributed by atoms with van der Waals surface area (Å²) in [6.45, 7) is 4.91. The number of amides is 2. The summed E-state index contributed by atoms with van der Waals surface area (Å²) in [7, 11) is 1.62. The minimum absolute atomic E-state index is 0.00990. The second-order valence-electron chi connectivity index (χ2n) is 6.56. The maximum atomic E-state index is 12.8. The standard InChI is InChI=1S/C22H28N2O4/c1-4-16(2)20(24-21(25)17-8-6-5-7-9-17)22(26)23-18-10-12-19(13-11-18)28-15-14-27-3/h5-13,16,20H,4,14-15H2,1-3H3,(H,23,26)(H,24,25). The first-order valence-electron chi connectivity index (χ1n) is 9.43. The van der Waals surface area contributed by atoms with Crippen LogP contribution in [0.3, 0.4) is 0 Å². The van der Waals surface area contributed by atoms with Gasteiger partial charge in [0.25, 0.3) is 5.91 Å². The molecule has 0 bridgehead atoms. The molecule has 2 unspecified atom stereocenters. The van der Waals surface area contributed by atoms with E-state index in [1.807, 2.05) is 19.9 Å². The highest BCUT2D eigenvalue weighted by atomic mass is 16.5. The summed E-state index contributed by atoms with van der Waals surface area (Å²) in [5, 5.41) is 5.73. The minimum atomic E-state index is -0.629. The first kappa shape index (κ1) is 21.4. The predicted octanol–water partition coefficient (Wildman–Crippen LogP) is 3.50. The molecule has 2 rings (SSSR count). The van der Waals surface area contributed by atoms with Gasteiger partial charge in [-0.3, -0.25) is 9.59 Å². The third kappa shape index (κ3) is 6.39. The summed E-state index contributed by atoms with van der Waals surface area (Å²) in [5.74, 6) is 0.185. The molecule has 0 fully saturated rings. The van der Waals surface area contributed by atoms with E-state index in [2.05, 4.69) is 10.6 Å². The Bertz CT molecular complexity index is 747. The van der Waals surface area contributed by atoms with Crippen molar-refractivity contribution in [3.05, 3.63) is 60.2 Å². The molecule has 2 amide bonds. The first-order chi connectivity index (χ1) is 13.5. The van der Waals surface area contributed by atoms with E-state index in [9.17, 15) is 9.59 Å². The van der Waals surface area contributed by atoms with Gasteiger partial charge in [0.15, 0.2) is 0 Å². The zero-order valence-electron chi connectivity index (χ0n) is 16.6. The SMILES string of the molecule is CCC(C)C(NC(=O)c1ccccc1)C(=O)Nc1ccc(OCCOC)cc1. The lowest BCUT2D eigenvalue weighted by Crippen LogP contribution is -2.47. The van der Waals surface area contributed by atoms with Crippen LogP contribution >= 0.6 is 0 Å². The van der Waals surface area contributed by atoms with Gasteiger partial charge in [-0.25, -0.2) is 0 Å². The third-order valence-electron chi connectivity index (χ3n) is 4.50. The lowest BCUT2D eigenvalue weighted by Gasteiger charge is -2.23. The van der Waals surface area contributed by atoms with Gasteiger partial charge in [-0.15, -0.1) is 0 Å². The molecule has 150 valence electrons. The molecule has 0 saturated carbocycles. The Morgan fingerprint density at radius 1 is 1.00 bits per heavy atom. The average molecular weight is 384 g/mol. The van der Waals surface area contributed by atoms with Crippen molar-refractivity contribution in [3.63, 3.8) is 0 Å². The van der Waals surface area contributed by atoms with Gasteiger partial charge < -0.3 is 20.1 Å². The van der Waals surface area contributed by atoms with Crippen LogP contribution in [0.1, 0.15) is 30.6 Å². The number of carbonyl (C=O) groups excluding carboxylic acids is 2. The Morgan fingerprint density at radius 3 is 2.29 bits per heavy atom. The summed E-state index contributed by atoms with van der Waals surface area (Å²) < 4.78 is 10.5. The van der Waals surface area contributed by atoms with Crippen molar-refractivity contribution >= 4 is 17.5 Å². The van der Waals surface area contributed by atoms with E-state index in [1.54, 1.807) is 55.6 Å². The molecule has 0 aliphatic carbocycles. The molecular weight excluding hydrogens is 356 g/mol. The lowest BCUT2D eigenvalue weighted by atomic mass is 9.97. The van der Waals surface area contributed by atoms with Gasteiger partial charge in [0.05, 0.1) is 6.61 Å². The van der Waals surface area contributed by atoms with E-state index in [0.717, 1.165) is 6.42 Å². The molecule has 28 heavy (non-hydrogen) atoms. The molecule has 0 saturated heterocycles. The predicted molar refractivity (Wildman–Crippen MR) is 110 cm³/mol. The maximum Gasteiger partial charge on any atom is 0.251 e. The Morgan fingerprint density at radius 2 is 1.68 bits per heavy atom.